The van der Waals surface area contributed by atoms with Crippen LogP contribution in [-0.2, 0) is 4.74 Å². The minimum atomic E-state index is -0.257. The molecule has 18 heavy (non-hydrogen) atoms. The van der Waals surface area contributed by atoms with Crippen molar-refractivity contribution in [2.24, 2.45) is 5.92 Å². The number of benzene rings is 1. The predicted octanol–water partition coefficient (Wildman–Crippen LogP) is 1.46. The summed E-state index contributed by atoms with van der Waals surface area (Å²) in [5.74, 6) is 0.0112. The van der Waals surface area contributed by atoms with Gasteiger partial charge in [0, 0.05) is 12.2 Å². The van der Waals surface area contributed by atoms with Crippen molar-refractivity contribution < 1.29 is 9.53 Å². The van der Waals surface area contributed by atoms with Crippen LogP contribution in [0, 0.1) is 5.92 Å². The number of Topliss-reactive ketones (excluding diaryl/α,β-unsaturated/α-hetero) is 1. The second-order valence-electron chi connectivity index (χ2n) is 4.67. The maximum absolute atomic E-state index is 12.3. The molecule has 5 nitrogen and oxygen atoms in total. The maximum atomic E-state index is 12.3. The molecule has 2 atom stereocenters. The molecule has 1 fully saturated rings. The lowest BCUT2D eigenvalue weighted by atomic mass is 9.92. The van der Waals surface area contributed by atoms with Crippen LogP contribution in [0.3, 0.4) is 0 Å². The number of hydrogen-bond acceptors (Lipinski definition) is 3. The van der Waals surface area contributed by atoms with Crippen LogP contribution in [0.1, 0.15) is 23.7 Å². The van der Waals surface area contributed by atoms with E-state index < -0.39 is 0 Å². The summed E-state index contributed by atoms with van der Waals surface area (Å²) in [4.78, 5) is 28.8. The number of rotatable bonds is 2. The van der Waals surface area contributed by atoms with E-state index in [1.165, 1.54) is 0 Å². The SMILES string of the molecule is CC1OCCC1C(=O)c1ccc2[nH]c(=O)[nH]c2c1. The molecular formula is C13H14N2O3. The Morgan fingerprint density at radius 2 is 2.11 bits per heavy atom. The number of ether oxygens (including phenoxy) is 1. The normalized spacial score (nSPS) is 23.6. The van der Waals surface area contributed by atoms with E-state index >= 15 is 0 Å². The van der Waals surface area contributed by atoms with Crippen LogP contribution in [0.5, 0.6) is 0 Å². The number of nitrogens with one attached hydrogen (secondary N) is 2. The predicted molar refractivity (Wildman–Crippen MR) is 66.8 cm³/mol. The van der Waals surface area contributed by atoms with Crippen molar-refractivity contribution in [3.05, 3.63) is 34.2 Å². The Labute approximate surface area is 103 Å². The number of fused-ring (bicyclic) bond motifs is 1. The van der Waals surface area contributed by atoms with Crippen molar-refractivity contribution in [3.63, 3.8) is 0 Å². The number of carbonyl (C=O) groups excluding carboxylic acids is 1. The third-order valence-electron chi connectivity index (χ3n) is 3.51. The van der Waals surface area contributed by atoms with Crippen LogP contribution in [0.15, 0.2) is 23.0 Å². The van der Waals surface area contributed by atoms with E-state index in [-0.39, 0.29) is 23.5 Å². The number of aromatic amines is 2. The Morgan fingerprint density at radius 1 is 1.33 bits per heavy atom. The maximum Gasteiger partial charge on any atom is 0.323 e. The van der Waals surface area contributed by atoms with E-state index in [1.807, 2.05) is 6.92 Å². The van der Waals surface area contributed by atoms with E-state index in [9.17, 15) is 9.59 Å². The van der Waals surface area contributed by atoms with Gasteiger partial charge in [-0.15, -0.1) is 0 Å². The first kappa shape index (κ1) is 11.2. The van der Waals surface area contributed by atoms with Crippen LogP contribution in [0.25, 0.3) is 11.0 Å². The van der Waals surface area contributed by atoms with Crippen LogP contribution >= 0.6 is 0 Å². The molecule has 0 radical (unpaired) electrons. The minimum absolute atomic E-state index is 0.0292. The summed E-state index contributed by atoms with van der Waals surface area (Å²) in [6.07, 6.45) is 0.736. The molecule has 1 aliphatic heterocycles. The molecule has 0 aliphatic carbocycles. The van der Waals surface area contributed by atoms with Gasteiger partial charge in [0.1, 0.15) is 0 Å². The Hall–Kier alpha value is -1.88. The van der Waals surface area contributed by atoms with Crippen molar-refractivity contribution >= 4 is 16.8 Å². The van der Waals surface area contributed by atoms with Gasteiger partial charge in [0.15, 0.2) is 5.78 Å². The highest BCUT2D eigenvalue weighted by Crippen LogP contribution is 2.25. The largest absolute Gasteiger partial charge is 0.378 e. The second-order valence-corrected chi connectivity index (χ2v) is 4.67. The van der Waals surface area contributed by atoms with E-state index in [4.69, 9.17) is 4.74 Å². The first-order chi connectivity index (χ1) is 8.65. The van der Waals surface area contributed by atoms with Crippen LogP contribution in [0.4, 0.5) is 0 Å². The number of carbonyl (C=O) groups is 1. The molecule has 0 saturated carbocycles. The molecular weight excluding hydrogens is 232 g/mol. The highest BCUT2D eigenvalue weighted by molar-refractivity contribution is 6.00. The topological polar surface area (TPSA) is 75.0 Å². The molecule has 0 amide bonds. The molecule has 2 N–H and O–H groups in total. The van der Waals surface area contributed by atoms with Gasteiger partial charge in [0.05, 0.1) is 23.1 Å². The molecule has 2 unspecified atom stereocenters. The molecule has 0 spiro atoms. The van der Waals surface area contributed by atoms with Crippen molar-refractivity contribution in [2.75, 3.05) is 6.61 Å². The van der Waals surface area contributed by atoms with Gasteiger partial charge in [-0.1, -0.05) is 0 Å². The van der Waals surface area contributed by atoms with Gasteiger partial charge in [0.25, 0.3) is 0 Å². The fourth-order valence-corrected chi connectivity index (χ4v) is 2.48. The monoisotopic (exact) mass is 246 g/mol. The first-order valence-corrected chi connectivity index (χ1v) is 6.03. The third-order valence-corrected chi connectivity index (χ3v) is 3.51. The van der Waals surface area contributed by atoms with Gasteiger partial charge in [-0.2, -0.15) is 0 Å². The summed E-state index contributed by atoms with van der Waals surface area (Å²) in [7, 11) is 0. The number of hydrogen-bond donors (Lipinski definition) is 2. The third kappa shape index (κ3) is 1.76. The highest BCUT2D eigenvalue weighted by atomic mass is 16.5. The summed E-state index contributed by atoms with van der Waals surface area (Å²) in [5.41, 5.74) is 1.75. The number of aromatic nitrogens is 2. The average Bonchev–Trinajstić information content (AvgIpc) is 2.91. The molecule has 0 bridgehead atoms. The quantitative estimate of drug-likeness (QED) is 0.788. The number of imidazole rings is 1. The molecule has 1 saturated heterocycles. The molecule has 1 aromatic carbocycles. The molecule has 94 valence electrons. The zero-order chi connectivity index (χ0) is 12.7. The first-order valence-electron chi connectivity index (χ1n) is 6.03. The highest BCUT2D eigenvalue weighted by Gasteiger charge is 2.31. The van der Waals surface area contributed by atoms with Gasteiger partial charge >= 0.3 is 5.69 Å². The minimum Gasteiger partial charge on any atom is -0.378 e. The lowest BCUT2D eigenvalue weighted by Gasteiger charge is -2.12. The summed E-state index contributed by atoms with van der Waals surface area (Å²) < 4.78 is 5.41. The van der Waals surface area contributed by atoms with E-state index in [0.717, 1.165) is 6.42 Å². The molecule has 3 rings (SSSR count). The smallest absolute Gasteiger partial charge is 0.323 e. The van der Waals surface area contributed by atoms with Gasteiger partial charge in [0.2, 0.25) is 0 Å². The standard InChI is InChI=1S/C13H14N2O3/c1-7-9(4-5-18-7)12(16)8-2-3-10-11(6-8)15-13(17)14-10/h2-3,6-7,9H,4-5H2,1H3,(H2,14,15,17). The summed E-state index contributed by atoms with van der Waals surface area (Å²) in [6.45, 7) is 2.56. The molecule has 2 aromatic rings. The molecule has 1 aliphatic rings. The lowest BCUT2D eigenvalue weighted by molar-refractivity contribution is 0.0764. The Kier molecular flexibility index (Phi) is 2.56. The average molecular weight is 246 g/mol. The summed E-state index contributed by atoms with van der Waals surface area (Å²) in [5, 5.41) is 0. The van der Waals surface area contributed by atoms with Crippen molar-refractivity contribution in [3.8, 4) is 0 Å². The van der Waals surface area contributed by atoms with Crippen LogP contribution in [0.2, 0.25) is 0 Å². The lowest BCUT2D eigenvalue weighted by Crippen LogP contribution is -2.21. The van der Waals surface area contributed by atoms with E-state index in [2.05, 4.69) is 9.97 Å². The fourth-order valence-electron chi connectivity index (χ4n) is 2.48. The van der Waals surface area contributed by atoms with Gasteiger partial charge in [-0.3, -0.25) is 4.79 Å². The zero-order valence-corrected chi connectivity index (χ0v) is 10.0. The Balaban J connectivity index is 1.98. The van der Waals surface area contributed by atoms with Crippen LogP contribution in [-0.4, -0.2) is 28.5 Å². The second kappa shape index (κ2) is 4.10. The van der Waals surface area contributed by atoms with Crippen molar-refractivity contribution in [1.29, 1.82) is 0 Å². The van der Waals surface area contributed by atoms with Gasteiger partial charge < -0.3 is 14.7 Å². The van der Waals surface area contributed by atoms with Crippen LogP contribution < -0.4 is 5.69 Å². The summed E-state index contributed by atoms with van der Waals surface area (Å²) in [6, 6.07) is 5.22. The van der Waals surface area contributed by atoms with Crippen molar-refractivity contribution in [1.82, 2.24) is 9.97 Å². The molecule has 5 heteroatoms. The van der Waals surface area contributed by atoms with Gasteiger partial charge in [-0.25, -0.2) is 4.79 Å². The Morgan fingerprint density at radius 3 is 2.83 bits per heavy atom. The van der Waals surface area contributed by atoms with Crippen molar-refractivity contribution in [2.45, 2.75) is 19.4 Å². The number of ketones is 1. The van der Waals surface area contributed by atoms with Gasteiger partial charge in [-0.05, 0) is 31.5 Å². The number of H-pyrrole nitrogens is 2. The molecule has 2 heterocycles. The Bertz CT molecular complexity index is 656. The zero-order valence-electron chi connectivity index (χ0n) is 10.0. The summed E-state index contributed by atoms with van der Waals surface area (Å²) >= 11 is 0. The molecule has 1 aromatic heterocycles. The van der Waals surface area contributed by atoms with E-state index in [1.54, 1.807) is 18.2 Å². The van der Waals surface area contributed by atoms with E-state index in [0.29, 0.717) is 23.2 Å². The fraction of sp³-hybridized carbons (Fsp3) is 0.385.